The van der Waals surface area contributed by atoms with E-state index in [2.05, 4.69) is 29.5 Å². The summed E-state index contributed by atoms with van der Waals surface area (Å²) in [6.45, 7) is 7.41. The smallest absolute Gasteiger partial charge is 0.107 e. The second-order valence-corrected chi connectivity index (χ2v) is 5.83. The molecule has 0 aromatic carbocycles. The van der Waals surface area contributed by atoms with Gasteiger partial charge in [-0.15, -0.1) is 11.3 Å². The average molecular weight is 270 g/mol. The third kappa shape index (κ3) is 4.65. The molecule has 0 saturated carbocycles. The van der Waals surface area contributed by atoms with Gasteiger partial charge in [-0.1, -0.05) is 13.8 Å². The summed E-state index contributed by atoms with van der Waals surface area (Å²) in [4.78, 5) is 4.57. The molecule has 1 N–H and O–H groups in total. The lowest BCUT2D eigenvalue weighted by molar-refractivity contribution is -0.0398. The first kappa shape index (κ1) is 13.9. The van der Waals surface area contributed by atoms with Gasteiger partial charge in [0.15, 0.2) is 0 Å². The Bertz CT molecular complexity index is 349. The van der Waals surface area contributed by atoms with Gasteiger partial charge in [0.05, 0.1) is 18.4 Å². The number of thiazole rings is 1. The van der Waals surface area contributed by atoms with E-state index in [1.165, 1.54) is 0 Å². The number of nitrogens with one attached hydrogen (secondary N) is 1. The molecule has 1 fully saturated rings. The first-order valence-corrected chi connectivity index (χ1v) is 7.48. The third-order valence-corrected chi connectivity index (χ3v) is 3.79. The molecule has 2 rings (SSSR count). The van der Waals surface area contributed by atoms with Crippen molar-refractivity contribution in [2.45, 2.75) is 52.0 Å². The van der Waals surface area contributed by atoms with Crippen molar-refractivity contribution < 1.29 is 9.47 Å². The fourth-order valence-electron chi connectivity index (χ4n) is 1.83. The summed E-state index contributed by atoms with van der Waals surface area (Å²) in [5.74, 6) is 0. The molecule has 4 nitrogen and oxygen atoms in total. The van der Waals surface area contributed by atoms with Crippen molar-refractivity contribution in [2.24, 2.45) is 0 Å². The minimum Gasteiger partial charge on any atom is -0.381 e. The van der Waals surface area contributed by atoms with Crippen LogP contribution in [0.4, 0.5) is 0 Å². The normalized spacial score (nSPS) is 17.5. The Morgan fingerprint density at radius 3 is 3.00 bits per heavy atom. The minimum absolute atomic E-state index is 0.345. The van der Waals surface area contributed by atoms with Crippen LogP contribution in [0.25, 0.3) is 0 Å². The first-order chi connectivity index (χ1) is 8.74. The maximum Gasteiger partial charge on any atom is 0.107 e. The highest BCUT2D eigenvalue weighted by Gasteiger charge is 2.14. The number of rotatable bonds is 6. The SMILES string of the molecule is CC(C)NCc1nc(COC2CCOCC2)cs1. The predicted octanol–water partition coefficient (Wildman–Crippen LogP) is 2.34. The highest BCUT2D eigenvalue weighted by molar-refractivity contribution is 7.09. The summed E-state index contributed by atoms with van der Waals surface area (Å²) in [6.07, 6.45) is 2.36. The lowest BCUT2D eigenvalue weighted by Crippen LogP contribution is -2.23. The van der Waals surface area contributed by atoms with Crippen LogP contribution in [0.2, 0.25) is 0 Å². The van der Waals surface area contributed by atoms with Crippen LogP contribution in [0, 0.1) is 0 Å². The fourth-order valence-corrected chi connectivity index (χ4v) is 2.56. The molecule has 0 aliphatic carbocycles. The molecule has 5 heteroatoms. The molecular weight excluding hydrogens is 248 g/mol. The molecule has 1 aromatic heterocycles. The van der Waals surface area contributed by atoms with E-state index in [0.29, 0.717) is 18.8 Å². The first-order valence-electron chi connectivity index (χ1n) is 6.60. The van der Waals surface area contributed by atoms with E-state index in [9.17, 15) is 0 Å². The standard InChI is InChI=1S/C13H22N2O2S/c1-10(2)14-7-13-15-11(9-18-13)8-17-12-3-5-16-6-4-12/h9-10,12,14H,3-8H2,1-2H3. The summed E-state index contributed by atoms with van der Waals surface area (Å²) >= 11 is 1.70. The summed E-state index contributed by atoms with van der Waals surface area (Å²) in [5.41, 5.74) is 1.05. The van der Waals surface area contributed by atoms with Crippen LogP contribution < -0.4 is 5.32 Å². The summed E-state index contributed by atoms with van der Waals surface area (Å²) < 4.78 is 11.2. The van der Waals surface area contributed by atoms with Crippen molar-refractivity contribution in [2.75, 3.05) is 13.2 Å². The van der Waals surface area contributed by atoms with Crippen LogP contribution in [0.3, 0.4) is 0 Å². The topological polar surface area (TPSA) is 43.4 Å². The molecule has 0 radical (unpaired) electrons. The Morgan fingerprint density at radius 2 is 2.28 bits per heavy atom. The van der Waals surface area contributed by atoms with Gasteiger partial charge in [0.25, 0.3) is 0 Å². The second-order valence-electron chi connectivity index (χ2n) is 4.89. The summed E-state index contributed by atoms with van der Waals surface area (Å²) in [6, 6.07) is 0.496. The minimum atomic E-state index is 0.345. The van der Waals surface area contributed by atoms with Gasteiger partial charge in [-0.3, -0.25) is 0 Å². The van der Waals surface area contributed by atoms with Gasteiger partial charge in [-0.25, -0.2) is 4.98 Å². The number of hydrogen-bond donors (Lipinski definition) is 1. The van der Waals surface area contributed by atoms with Crippen LogP contribution in [0.1, 0.15) is 37.4 Å². The van der Waals surface area contributed by atoms with Gasteiger partial charge >= 0.3 is 0 Å². The van der Waals surface area contributed by atoms with Crippen LogP contribution in [-0.4, -0.2) is 30.3 Å². The third-order valence-electron chi connectivity index (χ3n) is 2.90. The van der Waals surface area contributed by atoms with Gasteiger partial charge in [0, 0.05) is 31.2 Å². The Morgan fingerprint density at radius 1 is 1.50 bits per heavy atom. The average Bonchev–Trinajstić information content (AvgIpc) is 2.83. The van der Waals surface area contributed by atoms with Crippen molar-refractivity contribution in [1.29, 1.82) is 0 Å². The van der Waals surface area contributed by atoms with Crippen molar-refractivity contribution >= 4 is 11.3 Å². The molecule has 1 aliphatic rings. The predicted molar refractivity (Wildman–Crippen MR) is 72.7 cm³/mol. The highest BCUT2D eigenvalue weighted by Crippen LogP contribution is 2.15. The fraction of sp³-hybridized carbons (Fsp3) is 0.769. The zero-order valence-corrected chi connectivity index (χ0v) is 12.0. The molecule has 2 heterocycles. The van der Waals surface area contributed by atoms with E-state index < -0.39 is 0 Å². The van der Waals surface area contributed by atoms with Gasteiger partial charge in [0.2, 0.25) is 0 Å². The molecule has 0 unspecified atom stereocenters. The van der Waals surface area contributed by atoms with Crippen molar-refractivity contribution in [3.63, 3.8) is 0 Å². The number of ether oxygens (including phenoxy) is 2. The van der Waals surface area contributed by atoms with Crippen molar-refractivity contribution in [3.8, 4) is 0 Å². The van der Waals surface area contributed by atoms with Crippen molar-refractivity contribution in [3.05, 3.63) is 16.1 Å². The number of aromatic nitrogens is 1. The van der Waals surface area contributed by atoms with Crippen LogP contribution in [-0.2, 0) is 22.6 Å². The molecule has 1 aliphatic heterocycles. The van der Waals surface area contributed by atoms with E-state index in [4.69, 9.17) is 9.47 Å². The van der Waals surface area contributed by atoms with Crippen LogP contribution >= 0.6 is 11.3 Å². The van der Waals surface area contributed by atoms with Gasteiger partial charge in [0.1, 0.15) is 5.01 Å². The maximum absolute atomic E-state index is 5.85. The zero-order chi connectivity index (χ0) is 12.8. The highest BCUT2D eigenvalue weighted by atomic mass is 32.1. The molecule has 102 valence electrons. The molecular formula is C13H22N2O2S. The van der Waals surface area contributed by atoms with E-state index in [0.717, 1.165) is 43.3 Å². The molecule has 0 atom stereocenters. The second kappa shape index (κ2) is 7.19. The summed E-state index contributed by atoms with van der Waals surface area (Å²) in [7, 11) is 0. The van der Waals surface area contributed by atoms with Gasteiger partial charge in [-0.05, 0) is 12.8 Å². The van der Waals surface area contributed by atoms with E-state index >= 15 is 0 Å². The monoisotopic (exact) mass is 270 g/mol. The van der Waals surface area contributed by atoms with E-state index in [1.807, 2.05) is 0 Å². The zero-order valence-electron chi connectivity index (χ0n) is 11.1. The quantitative estimate of drug-likeness (QED) is 0.861. The lowest BCUT2D eigenvalue weighted by Gasteiger charge is -2.21. The van der Waals surface area contributed by atoms with Crippen molar-refractivity contribution in [1.82, 2.24) is 10.3 Å². The van der Waals surface area contributed by atoms with Gasteiger partial charge < -0.3 is 14.8 Å². The van der Waals surface area contributed by atoms with E-state index in [-0.39, 0.29) is 0 Å². The van der Waals surface area contributed by atoms with Crippen LogP contribution in [0.5, 0.6) is 0 Å². The Labute approximate surface area is 113 Å². The molecule has 0 spiro atoms. The molecule has 18 heavy (non-hydrogen) atoms. The van der Waals surface area contributed by atoms with Gasteiger partial charge in [-0.2, -0.15) is 0 Å². The molecule has 0 amide bonds. The number of nitrogens with zero attached hydrogens (tertiary/aromatic N) is 1. The van der Waals surface area contributed by atoms with Crippen LogP contribution in [0.15, 0.2) is 5.38 Å². The molecule has 1 saturated heterocycles. The number of hydrogen-bond acceptors (Lipinski definition) is 5. The maximum atomic E-state index is 5.85. The molecule has 1 aromatic rings. The van der Waals surface area contributed by atoms with E-state index in [1.54, 1.807) is 11.3 Å². The Kier molecular flexibility index (Phi) is 5.56. The Balaban J connectivity index is 1.72. The summed E-state index contributed by atoms with van der Waals surface area (Å²) in [5, 5.41) is 6.60. The largest absolute Gasteiger partial charge is 0.381 e. The Hall–Kier alpha value is -0.490. The lowest BCUT2D eigenvalue weighted by atomic mass is 10.1. The molecule has 0 bridgehead atoms.